The molecule has 178 valence electrons. The lowest BCUT2D eigenvalue weighted by atomic mass is 9.98. The van der Waals surface area contributed by atoms with Crippen molar-refractivity contribution in [3.63, 3.8) is 0 Å². The molecule has 4 rings (SSSR count). The molecule has 0 aliphatic carbocycles. The van der Waals surface area contributed by atoms with Crippen LogP contribution in [0.2, 0.25) is 0 Å². The maximum Gasteiger partial charge on any atom is 0.273 e. The van der Waals surface area contributed by atoms with E-state index in [2.05, 4.69) is 41.6 Å². The molecular weight excluding hydrogens is 464 g/mol. The Hall–Kier alpha value is -4.11. The van der Waals surface area contributed by atoms with E-state index in [4.69, 9.17) is 16.6 Å². The summed E-state index contributed by atoms with van der Waals surface area (Å²) >= 11 is 5.27. The van der Waals surface area contributed by atoms with Crippen molar-refractivity contribution < 1.29 is 14.1 Å². The lowest BCUT2D eigenvalue weighted by Crippen LogP contribution is -2.34. The van der Waals surface area contributed by atoms with Crippen molar-refractivity contribution in [2.75, 3.05) is 5.32 Å². The maximum absolute atomic E-state index is 12.5. The topological polar surface area (TPSA) is 110 Å². The maximum atomic E-state index is 12.5. The van der Waals surface area contributed by atoms with Gasteiger partial charge in [0.15, 0.2) is 10.7 Å². The third-order valence-corrected chi connectivity index (χ3v) is 6.06. The number of anilines is 1. The predicted molar refractivity (Wildman–Crippen MR) is 140 cm³/mol. The second-order valence-electron chi connectivity index (χ2n) is 8.30. The molecule has 0 spiro atoms. The van der Waals surface area contributed by atoms with E-state index < -0.39 is 10.8 Å². The van der Waals surface area contributed by atoms with Gasteiger partial charge in [0.1, 0.15) is 5.52 Å². The van der Waals surface area contributed by atoms with Crippen molar-refractivity contribution in [1.29, 1.82) is 0 Å². The molecule has 1 atom stereocenters. The van der Waals surface area contributed by atoms with Crippen LogP contribution in [0.1, 0.15) is 47.7 Å². The van der Waals surface area contributed by atoms with Crippen LogP contribution >= 0.6 is 12.2 Å². The van der Waals surface area contributed by atoms with Crippen LogP contribution in [-0.2, 0) is 0 Å². The molecule has 1 amide bonds. The SMILES string of the molecule is CC[C@@H](C)c1ccc2oc(-c3cccc(NC(=S)NC(=O)c4ccc(C)c([N+](=O)[O-])c4)c3)nc2c1. The molecule has 0 aliphatic rings. The van der Waals surface area contributed by atoms with E-state index in [-0.39, 0.29) is 16.4 Å². The molecule has 1 aromatic heterocycles. The molecule has 0 fully saturated rings. The number of nitrogens with zero attached hydrogens (tertiary/aromatic N) is 2. The molecule has 0 saturated heterocycles. The van der Waals surface area contributed by atoms with E-state index in [0.717, 1.165) is 17.5 Å². The fourth-order valence-electron chi connectivity index (χ4n) is 3.63. The molecular formula is C26H24N4O4S. The van der Waals surface area contributed by atoms with Crippen molar-refractivity contribution in [3.05, 3.63) is 87.5 Å². The number of hydrogen-bond acceptors (Lipinski definition) is 6. The highest BCUT2D eigenvalue weighted by atomic mass is 32.1. The summed E-state index contributed by atoms with van der Waals surface area (Å²) in [7, 11) is 0. The summed E-state index contributed by atoms with van der Waals surface area (Å²) < 4.78 is 5.95. The first-order valence-corrected chi connectivity index (χ1v) is 11.5. The number of aryl methyl sites for hydroxylation is 1. The van der Waals surface area contributed by atoms with Crippen LogP contribution in [0, 0.1) is 17.0 Å². The second kappa shape index (κ2) is 10.0. The van der Waals surface area contributed by atoms with Crippen LogP contribution in [0.5, 0.6) is 0 Å². The van der Waals surface area contributed by atoms with E-state index in [9.17, 15) is 14.9 Å². The van der Waals surface area contributed by atoms with Gasteiger partial charge < -0.3 is 9.73 Å². The Labute approximate surface area is 207 Å². The number of benzene rings is 3. The minimum absolute atomic E-state index is 0.0612. The Kier molecular flexibility index (Phi) is 6.88. The van der Waals surface area contributed by atoms with Gasteiger partial charge in [0, 0.05) is 28.4 Å². The molecule has 3 aromatic carbocycles. The van der Waals surface area contributed by atoms with Gasteiger partial charge in [-0.05, 0) is 73.4 Å². The first kappa shape index (κ1) is 24.0. The monoisotopic (exact) mass is 488 g/mol. The lowest BCUT2D eigenvalue weighted by molar-refractivity contribution is -0.385. The number of carbonyl (C=O) groups excluding carboxylic acids is 1. The first-order valence-electron chi connectivity index (χ1n) is 11.1. The van der Waals surface area contributed by atoms with Crippen molar-refractivity contribution in [2.24, 2.45) is 0 Å². The third kappa shape index (κ3) is 5.36. The van der Waals surface area contributed by atoms with Crippen molar-refractivity contribution >= 4 is 45.7 Å². The van der Waals surface area contributed by atoms with Gasteiger partial charge >= 0.3 is 0 Å². The lowest BCUT2D eigenvalue weighted by Gasteiger charge is -2.10. The number of fused-ring (bicyclic) bond motifs is 1. The largest absolute Gasteiger partial charge is 0.436 e. The van der Waals surface area contributed by atoms with E-state index in [1.807, 2.05) is 24.3 Å². The Balaban J connectivity index is 1.48. The van der Waals surface area contributed by atoms with Crippen molar-refractivity contribution in [2.45, 2.75) is 33.1 Å². The normalized spacial score (nSPS) is 11.7. The minimum atomic E-state index is -0.544. The number of aromatic nitrogens is 1. The number of nitro benzene ring substituents is 1. The van der Waals surface area contributed by atoms with Crippen LogP contribution < -0.4 is 10.6 Å². The van der Waals surface area contributed by atoms with Crippen molar-refractivity contribution in [3.8, 4) is 11.5 Å². The number of carbonyl (C=O) groups is 1. The fraction of sp³-hybridized carbons (Fsp3) is 0.192. The van der Waals surface area contributed by atoms with Gasteiger partial charge in [0.25, 0.3) is 11.6 Å². The minimum Gasteiger partial charge on any atom is -0.436 e. The number of nitro groups is 1. The van der Waals surface area contributed by atoms with Crippen LogP contribution in [0.4, 0.5) is 11.4 Å². The summed E-state index contributed by atoms with van der Waals surface area (Å²) in [6.07, 6.45) is 1.04. The molecule has 4 aromatic rings. The second-order valence-corrected chi connectivity index (χ2v) is 8.71. The van der Waals surface area contributed by atoms with Gasteiger partial charge in [-0.15, -0.1) is 0 Å². The summed E-state index contributed by atoms with van der Waals surface area (Å²) in [5, 5.41) is 16.7. The summed E-state index contributed by atoms with van der Waals surface area (Å²) in [4.78, 5) is 27.8. The molecule has 0 radical (unpaired) electrons. The highest BCUT2D eigenvalue weighted by molar-refractivity contribution is 7.80. The molecule has 0 bridgehead atoms. The quantitative estimate of drug-likeness (QED) is 0.185. The number of thiocarbonyl (C=S) groups is 1. The molecule has 0 saturated carbocycles. The summed E-state index contributed by atoms with van der Waals surface area (Å²) in [6.45, 7) is 5.94. The molecule has 8 nitrogen and oxygen atoms in total. The summed E-state index contributed by atoms with van der Waals surface area (Å²) in [6, 6.07) is 17.6. The number of nitrogens with one attached hydrogen (secondary N) is 2. The highest BCUT2D eigenvalue weighted by Crippen LogP contribution is 2.29. The van der Waals surface area contributed by atoms with Crippen LogP contribution in [-0.4, -0.2) is 20.9 Å². The van der Waals surface area contributed by atoms with Gasteiger partial charge in [-0.3, -0.25) is 20.2 Å². The van der Waals surface area contributed by atoms with Gasteiger partial charge in [-0.2, -0.15) is 0 Å². The summed E-state index contributed by atoms with van der Waals surface area (Å²) in [5.74, 6) is 0.374. The summed E-state index contributed by atoms with van der Waals surface area (Å²) in [5.41, 5.74) is 4.59. The molecule has 0 unspecified atom stereocenters. The number of rotatable bonds is 6. The Bertz CT molecular complexity index is 1450. The average molecular weight is 489 g/mol. The fourth-order valence-corrected chi connectivity index (χ4v) is 3.84. The molecule has 0 aliphatic heterocycles. The molecule has 2 N–H and O–H groups in total. The first-order chi connectivity index (χ1) is 16.7. The zero-order valence-corrected chi connectivity index (χ0v) is 20.3. The van der Waals surface area contributed by atoms with E-state index in [1.165, 1.54) is 23.8 Å². The van der Waals surface area contributed by atoms with E-state index >= 15 is 0 Å². The predicted octanol–water partition coefficient (Wildman–Crippen LogP) is 6.35. The highest BCUT2D eigenvalue weighted by Gasteiger charge is 2.16. The molecule has 1 heterocycles. The zero-order chi connectivity index (χ0) is 25.1. The number of amides is 1. The van der Waals surface area contributed by atoms with Gasteiger partial charge in [0.2, 0.25) is 5.89 Å². The standard InChI is InChI=1S/C26H24N4O4S/c1-4-15(2)17-10-11-23-21(13-17)28-25(34-23)19-6-5-7-20(12-19)27-26(35)29-24(31)18-9-8-16(3)22(14-18)30(32)33/h5-15H,4H2,1-3H3,(H2,27,29,31,35)/t15-/m1/s1. The number of oxazole rings is 1. The molecule has 35 heavy (non-hydrogen) atoms. The Morgan fingerprint density at radius 1 is 1.17 bits per heavy atom. The van der Waals surface area contributed by atoms with Crippen molar-refractivity contribution in [1.82, 2.24) is 10.3 Å². The molecule has 9 heteroatoms. The Morgan fingerprint density at radius 2 is 1.97 bits per heavy atom. The van der Waals surface area contributed by atoms with Crippen LogP contribution in [0.3, 0.4) is 0 Å². The zero-order valence-electron chi connectivity index (χ0n) is 19.5. The van der Waals surface area contributed by atoms with Gasteiger partial charge in [-0.1, -0.05) is 32.0 Å². The Morgan fingerprint density at radius 3 is 2.71 bits per heavy atom. The van der Waals surface area contributed by atoms with E-state index in [0.29, 0.717) is 28.6 Å². The van der Waals surface area contributed by atoms with Gasteiger partial charge in [0.05, 0.1) is 4.92 Å². The third-order valence-electron chi connectivity index (χ3n) is 5.86. The van der Waals surface area contributed by atoms with E-state index in [1.54, 1.807) is 13.0 Å². The smallest absolute Gasteiger partial charge is 0.273 e. The van der Waals surface area contributed by atoms with Crippen LogP contribution in [0.25, 0.3) is 22.6 Å². The average Bonchev–Trinajstić information content (AvgIpc) is 3.27. The number of hydrogen-bond donors (Lipinski definition) is 2. The van der Waals surface area contributed by atoms with Crippen LogP contribution in [0.15, 0.2) is 65.1 Å². The van der Waals surface area contributed by atoms with Gasteiger partial charge in [-0.25, -0.2) is 4.98 Å².